The minimum Gasteiger partial charge on any atom is -0.497 e. The fourth-order valence-corrected chi connectivity index (χ4v) is 6.82. The Hall–Kier alpha value is -4.39. The Morgan fingerprint density at radius 3 is 2.33 bits per heavy atom. The van der Waals surface area contributed by atoms with Crippen molar-refractivity contribution in [2.75, 3.05) is 30.8 Å². The second kappa shape index (κ2) is 11.8. The van der Waals surface area contributed by atoms with Crippen LogP contribution in [0.1, 0.15) is 41.1 Å². The van der Waals surface area contributed by atoms with E-state index in [0.717, 1.165) is 36.9 Å². The van der Waals surface area contributed by atoms with Crippen molar-refractivity contribution in [1.29, 1.82) is 0 Å². The van der Waals surface area contributed by atoms with Gasteiger partial charge in [0.1, 0.15) is 17.1 Å². The Kier molecular flexibility index (Phi) is 8.07. The van der Waals surface area contributed by atoms with E-state index >= 15 is 0 Å². The molecule has 3 aliphatic rings. The van der Waals surface area contributed by atoms with Crippen LogP contribution in [0.15, 0.2) is 70.9 Å². The molecule has 5 atom stereocenters. The molecule has 0 aliphatic carbocycles. The highest BCUT2D eigenvalue weighted by Crippen LogP contribution is 2.44. The fraction of sp³-hybridized carbons (Fsp3) is 0.364. The molecular weight excluding hydrogens is 614 g/mol. The lowest BCUT2D eigenvalue weighted by molar-refractivity contribution is -0.143. The topological polar surface area (TPSA) is 83.6 Å². The maximum Gasteiger partial charge on any atom is 0.416 e. The van der Waals surface area contributed by atoms with E-state index in [1.807, 2.05) is 24.3 Å². The van der Waals surface area contributed by atoms with Crippen molar-refractivity contribution in [3.05, 3.63) is 104 Å². The van der Waals surface area contributed by atoms with Gasteiger partial charge in [-0.2, -0.15) is 26.3 Å². The van der Waals surface area contributed by atoms with Gasteiger partial charge >= 0.3 is 12.4 Å². The maximum absolute atomic E-state index is 13.4. The molecule has 1 aromatic heterocycles. The van der Waals surface area contributed by atoms with Crippen LogP contribution in [0.25, 0.3) is 10.9 Å². The average molecular weight is 645 g/mol. The zero-order chi connectivity index (χ0) is 33.0. The van der Waals surface area contributed by atoms with E-state index in [-0.39, 0.29) is 29.0 Å². The number of halogens is 6. The van der Waals surface area contributed by atoms with Crippen LogP contribution in [0, 0.1) is 11.8 Å². The molecule has 4 heterocycles. The smallest absolute Gasteiger partial charge is 0.416 e. The highest BCUT2D eigenvalue weighted by molar-refractivity contribution is 5.85. The largest absolute Gasteiger partial charge is 0.497 e. The first kappa shape index (κ1) is 31.6. The number of fused-ring (bicyclic) bond motifs is 4. The first-order chi connectivity index (χ1) is 21.8. The van der Waals surface area contributed by atoms with Crippen molar-refractivity contribution in [2.24, 2.45) is 11.8 Å². The number of anilines is 2. The number of nitrogens with one attached hydrogen (secondary N) is 2. The van der Waals surface area contributed by atoms with Crippen LogP contribution in [0.5, 0.6) is 5.75 Å². The number of pyridine rings is 1. The molecule has 2 N–H and O–H groups in total. The summed E-state index contributed by atoms with van der Waals surface area (Å²) in [6.07, 6.45) is -4.69. The third-order valence-electron chi connectivity index (χ3n) is 9.18. The number of benzene rings is 2. The molecule has 0 amide bonds. The Morgan fingerprint density at radius 1 is 1.02 bits per heavy atom. The van der Waals surface area contributed by atoms with E-state index in [4.69, 9.17) is 4.74 Å². The Morgan fingerprint density at radius 2 is 1.72 bits per heavy atom. The lowest BCUT2D eigenvalue weighted by Gasteiger charge is -2.52. The fourth-order valence-electron chi connectivity index (χ4n) is 6.82. The summed E-state index contributed by atoms with van der Waals surface area (Å²) in [5.74, 6) is 1.25. The molecule has 13 heteroatoms. The zero-order valence-electron chi connectivity index (χ0n) is 24.6. The molecule has 7 rings (SSSR count). The van der Waals surface area contributed by atoms with E-state index in [1.54, 1.807) is 12.3 Å². The number of alkyl halides is 6. The molecule has 0 radical (unpaired) electrons. The quantitative estimate of drug-likeness (QED) is 0.122. The monoisotopic (exact) mass is 644 g/mol. The normalized spacial score (nSPS) is 22.2. The number of methoxy groups -OCH3 is 1. The number of ether oxygens (including phenoxy) is 1. The average Bonchev–Trinajstić information content (AvgIpc) is 3.04. The number of aromatic nitrogens is 1. The summed E-state index contributed by atoms with van der Waals surface area (Å²) in [5, 5.41) is 6.68. The van der Waals surface area contributed by atoms with Gasteiger partial charge in [-0.15, -0.1) is 6.58 Å². The lowest BCUT2D eigenvalue weighted by Crippen LogP contribution is -2.56. The molecule has 4 aromatic rings. The first-order valence-corrected chi connectivity index (χ1v) is 14.7. The molecule has 3 aliphatic heterocycles. The predicted octanol–water partition coefficient (Wildman–Crippen LogP) is 6.54. The Labute approximate surface area is 259 Å². The van der Waals surface area contributed by atoms with Gasteiger partial charge in [0.05, 0.1) is 29.8 Å². The van der Waals surface area contributed by atoms with Gasteiger partial charge in [0.15, 0.2) is 0 Å². The summed E-state index contributed by atoms with van der Waals surface area (Å²) in [5.41, 5.74) is -3.84. The summed E-state index contributed by atoms with van der Waals surface area (Å²) in [7, 11) is 1.54. The zero-order valence-corrected chi connectivity index (χ0v) is 24.6. The van der Waals surface area contributed by atoms with Crippen LogP contribution in [-0.4, -0.2) is 36.1 Å². The molecular formula is C33H30F6N4O3. The Balaban J connectivity index is 1.36. The van der Waals surface area contributed by atoms with Crippen molar-refractivity contribution in [2.45, 2.75) is 43.8 Å². The van der Waals surface area contributed by atoms with Crippen molar-refractivity contribution in [1.82, 2.24) is 9.88 Å². The van der Waals surface area contributed by atoms with Crippen LogP contribution in [0.2, 0.25) is 0 Å². The van der Waals surface area contributed by atoms with E-state index in [2.05, 4.69) is 27.1 Å². The van der Waals surface area contributed by atoms with Gasteiger partial charge in [0.2, 0.25) is 0 Å². The second-order valence-electron chi connectivity index (χ2n) is 11.8. The molecule has 242 valence electrons. The molecule has 3 fully saturated rings. The predicted molar refractivity (Wildman–Crippen MR) is 162 cm³/mol. The van der Waals surface area contributed by atoms with Gasteiger partial charge in [0.25, 0.3) is 10.9 Å². The summed E-state index contributed by atoms with van der Waals surface area (Å²) in [6, 6.07) is 7.82. The highest BCUT2D eigenvalue weighted by Gasteiger charge is 2.44. The van der Waals surface area contributed by atoms with Crippen molar-refractivity contribution in [3.8, 4) is 5.75 Å². The minimum absolute atomic E-state index is 0.0382. The highest BCUT2D eigenvalue weighted by atomic mass is 19.4. The van der Waals surface area contributed by atoms with Crippen LogP contribution >= 0.6 is 0 Å². The molecule has 2 unspecified atom stereocenters. The number of hydrogen-bond donors (Lipinski definition) is 2. The third-order valence-corrected chi connectivity index (χ3v) is 9.18. The van der Waals surface area contributed by atoms with Gasteiger partial charge in [-0.1, -0.05) is 6.08 Å². The van der Waals surface area contributed by atoms with Crippen molar-refractivity contribution >= 4 is 22.3 Å². The summed E-state index contributed by atoms with van der Waals surface area (Å²) in [4.78, 5) is 32.5. The summed E-state index contributed by atoms with van der Waals surface area (Å²) in [6.45, 7) is 5.01. The number of hydrogen-bond acceptors (Lipinski definition) is 7. The molecule has 3 aromatic carbocycles. The number of rotatable bonds is 9. The van der Waals surface area contributed by atoms with Crippen LogP contribution in [0.4, 0.5) is 37.7 Å². The SMILES string of the molecule is C=C[C@H]1CN2CC[C@H]1C[C@H]2C(Nc1c(NCc2cc(C(F)(F)F)cc(C(F)(F)F)c2)c(=O)c1=O)c1ccnc2ccc(OC)cc12. The molecule has 0 spiro atoms. The standard InChI is InChI=1S/C33H30F6N4O3/c1-3-18-16-43-9-7-19(18)12-26(43)27(23-6-8-40-25-5-4-22(46-2)14-24(23)25)42-29-28(30(44)31(29)45)41-15-17-10-20(32(34,35)36)13-21(11-17)33(37,38)39/h3-6,8,10-11,13-14,18-19,26-27,41-42H,1,7,9,12,15-16H2,2H3/t18-,19-,26-,27?/m0/s1. The molecule has 46 heavy (non-hydrogen) atoms. The van der Waals surface area contributed by atoms with Crippen molar-refractivity contribution < 1.29 is 31.1 Å². The summed E-state index contributed by atoms with van der Waals surface area (Å²) < 4.78 is 85.9. The number of piperidine rings is 3. The first-order valence-electron chi connectivity index (χ1n) is 14.7. The van der Waals surface area contributed by atoms with Gasteiger partial charge < -0.3 is 15.4 Å². The molecule has 2 bridgehead atoms. The van der Waals surface area contributed by atoms with E-state index in [1.165, 1.54) is 7.11 Å². The van der Waals surface area contributed by atoms with Crippen LogP contribution in [0.3, 0.4) is 0 Å². The number of nitrogens with zero attached hydrogens (tertiary/aromatic N) is 2. The van der Waals surface area contributed by atoms with Crippen LogP contribution in [-0.2, 0) is 18.9 Å². The van der Waals surface area contributed by atoms with Gasteiger partial charge in [-0.05, 0) is 84.8 Å². The molecule has 7 nitrogen and oxygen atoms in total. The van der Waals surface area contributed by atoms with Gasteiger partial charge in [-0.3, -0.25) is 19.5 Å². The van der Waals surface area contributed by atoms with E-state index in [0.29, 0.717) is 35.2 Å². The summed E-state index contributed by atoms with van der Waals surface area (Å²) >= 11 is 0. The van der Waals surface area contributed by atoms with E-state index in [9.17, 15) is 35.9 Å². The molecule has 3 saturated heterocycles. The minimum atomic E-state index is -5.02. The molecule has 0 saturated carbocycles. The lowest BCUT2D eigenvalue weighted by atomic mass is 9.73. The van der Waals surface area contributed by atoms with E-state index < -0.39 is 46.9 Å². The van der Waals surface area contributed by atoms with Crippen molar-refractivity contribution in [3.63, 3.8) is 0 Å². The van der Waals surface area contributed by atoms with Gasteiger partial charge in [0, 0.05) is 30.7 Å². The Bertz CT molecular complexity index is 1830. The van der Waals surface area contributed by atoms with Gasteiger partial charge in [-0.25, -0.2) is 0 Å². The second-order valence-corrected chi connectivity index (χ2v) is 11.8. The third kappa shape index (κ3) is 5.83. The van der Waals surface area contributed by atoms with Crippen LogP contribution < -0.4 is 26.2 Å². The maximum atomic E-state index is 13.4.